The Labute approximate surface area is 94.0 Å². The van der Waals surface area contributed by atoms with Crippen molar-refractivity contribution < 1.29 is 14.7 Å². The average Bonchev–Trinajstić information content (AvgIpc) is 2.65. The van der Waals surface area contributed by atoms with Gasteiger partial charge in [-0.25, -0.2) is 0 Å². The minimum atomic E-state index is -0.567. The highest BCUT2D eigenvalue weighted by Crippen LogP contribution is 2.26. The molecule has 0 radical (unpaired) electrons. The van der Waals surface area contributed by atoms with Gasteiger partial charge in [0.25, 0.3) is 0 Å². The number of nitrogens with two attached hydrogens (primary N) is 1. The van der Waals surface area contributed by atoms with E-state index in [1.807, 2.05) is 0 Å². The summed E-state index contributed by atoms with van der Waals surface area (Å²) in [6.07, 6.45) is 2.38. The standard InChI is InChI=1S/C10H17N3O3/c1-6(9(11)12-15)10(14)13-4-7-2-3-8(5-13)16-7/h6-8,15H,2-5H2,1H3,(H2,11,12). The molecule has 1 amide bonds. The van der Waals surface area contributed by atoms with Crippen molar-refractivity contribution in [3.8, 4) is 0 Å². The highest BCUT2D eigenvalue weighted by Gasteiger charge is 2.37. The van der Waals surface area contributed by atoms with Gasteiger partial charge in [0.15, 0.2) is 5.84 Å². The zero-order valence-electron chi connectivity index (χ0n) is 9.30. The van der Waals surface area contributed by atoms with Crippen LogP contribution in [0.15, 0.2) is 5.16 Å². The molecule has 0 aromatic carbocycles. The van der Waals surface area contributed by atoms with Crippen LogP contribution in [0.4, 0.5) is 0 Å². The van der Waals surface area contributed by atoms with Gasteiger partial charge >= 0.3 is 0 Å². The Kier molecular flexibility index (Phi) is 3.00. The normalized spacial score (nSPS) is 31.6. The molecule has 2 rings (SSSR count). The molecule has 90 valence electrons. The van der Waals surface area contributed by atoms with E-state index in [0.717, 1.165) is 12.8 Å². The lowest BCUT2D eigenvalue weighted by atomic mass is 10.1. The van der Waals surface area contributed by atoms with Crippen LogP contribution in [0, 0.1) is 5.92 Å². The summed E-state index contributed by atoms with van der Waals surface area (Å²) in [7, 11) is 0. The molecule has 0 aromatic rings. The highest BCUT2D eigenvalue weighted by atomic mass is 16.5. The molecule has 3 unspecified atom stereocenters. The summed E-state index contributed by atoms with van der Waals surface area (Å²) in [6, 6.07) is 0. The molecular formula is C10H17N3O3. The number of rotatable bonds is 2. The Morgan fingerprint density at radius 2 is 2.06 bits per heavy atom. The van der Waals surface area contributed by atoms with Crippen LogP contribution in [0.3, 0.4) is 0 Å². The van der Waals surface area contributed by atoms with Gasteiger partial charge in [0, 0.05) is 13.1 Å². The fourth-order valence-electron chi connectivity index (χ4n) is 2.28. The third-order valence-corrected chi connectivity index (χ3v) is 3.28. The number of amides is 1. The van der Waals surface area contributed by atoms with Gasteiger partial charge in [-0.15, -0.1) is 0 Å². The molecule has 2 fully saturated rings. The Morgan fingerprint density at radius 3 is 2.56 bits per heavy atom. The van der Waals surface area contributed by atoms with E-state index in [4.69, 9.17) is 15.7 Å². The first kappa shape index (κ1) is 11.2. The number of nitrogens with zero attached hydrogens (tertiary/aromatic N) is 2. The van der Waals surface area contributed by atoms with Crippen LogP contribution in [0.2, 0.25) is 0 Å². The molecule has 3 atom stereocenters. The number of carbonyl (C=O) groups is 1. The number of fused-ring (bicyclic) bond motifs is 2. The summed E-state index contributed by atoms with van der Waals surface area (Å²) < 4.78 is 5.64. The first-order chi connectivity index (χ1) is 7.61. The molecule has 16 heavy (non-hydrogen) atoms. The van der Waals surface area contributed by atoms with Gasteiger partial charge in [-0.05, 0) is 19.8 Å². The molecular weight excluding hydrogens is 210 g/mol. The van der Waals surface area contributed by atoms with Gasteiger partial charge < -0.3 is 20.6 Å². The van der Waals surface area contributed by atoms with E-state index in [2.05, 4.69) is 5.16 Å². The van der Waals surface area contributed by atoms with E-state index in [9.17, 15) is 4.79 Å². The maximum absolute atomic E-state index is 12.0. The molecule has 2 heterocycles. The van der Waals surface area contributed by atoms with E-state index >= 15 is 0 Å². The summed E-state index contributed by atoms with van der Waals surface area (Å²) in [5, 5.41) is 11.4. The fourth-order valence-corrected chi connectivity index (χ4v) is 2.28. The number of hydrogen-bond donors (Lipinski definition) is 2. The molecule has 0 aliphatic carbocycles. The van der Waals surface area contributed by atoms with Crippen molar-refractivity contribution in [3.05, 3.63) is 0 Å². The molecule has 2 aliphatic rings. The molecule has 0 spiro atoms. The quantitative estimate of drug-likeness (QED) is 0.295. The zero-order chi connectivity index (χ0) is 11.7. The second-order valence-corrected chi connectivity index (χ2v) is 4.45. The van der Waals surface area contributed by atoms with Gasteiger partial charge in [0.1, 0.15) is 0 Å². The lowest BCUT2D eigenvalue weighted by Crippen LogP contribution is -2.49. The molecule has 6 nitrogen and oxygen atoms in total. The largest absolute Gasteiger partial charge is 0.409 e. The molecule has 2 bridgehead atoms. The molecule has 2 aliphatic heterocycles. The average molecular weight is 227 g/mol. The van der Waals surface area contributed by atoms with Crippen molar-refractivity contribution in [2.45, 2.75) is 32.0 Å². The van der Waals surface area contributed by atoms with Crippen molar-refractivity contribution in [3.63, 3.8) is 0 Å². The predicted molar refractivity (Wildman–Crippen MR) is 57.0 cm³/mol. The fraction of sp³-hybridized carbons (Fsp3) is 0.800. The molecule has 0 aromatic heterocycles. The van der Waals surface area contributed by atoms with Crippen LogP contribution < -0.4 is 5.73 Å². The molecule has 6 heteroatoms. The second kappa shape index (κ2) is 4.29. The summed E-state index contributed by atoms with van der Waals surface area (Å²) in [6.45, 7) is 2.89. The Balaban J connectivity index is 2.00. The Hall–Kier alpha value is -1.30. The summed E-state index contributed by atoms with van der Waals surface area (Å²) in [5.74, 6) is -0.693. The van der Waals surface area contributed by atoms with Crippen molar-refractivity contribution in [2.75, 3.05) is 13.1 Å². The van der Waals surface area contributed by atoms with Crippen LogP contribution in [-0.4, -0.2) is 47.1 Å². The number of amidine groups is 1. The van der Waals surface area contributed by atoms with Gasteiger partial charge in [-0.1, -0.05) is 5.16 Å². The number of likely N-dealkylation sites (tertiary alicyclic amines) is 1. The van der Waals surface area contributed by atoms with Crippen LogP contribution in [0.5, 0.6) is 0 Å². The van der Waals surface area contributed by atoms with Crippen molar-refractivity contribution in [1.82, 2.24) is 4.90 Å². The lowest BCUT2D eigenvalue weighted by Gasteiger charge is -2.33. The number of morpholine rings is 1. The van der Waals surface area contributed by atoms with E-state index in [-0.39, 0.29) is 24.0 Å². The molecule has 0 saturated carbocycles. The Morgan fingerprint density at radius 1 is 1.50 bits per heavy atom. The van der Waals surface area contributed by atoms with E-state index in [0.29, 0.717) is 13.1 Å². The van der Waals surface area contributed by atoms with Crippen LogP contribution in [0.1, 0.15) is 19.8 Å². The van der Waals surface area contributed by atoms with Crippen molar-refractivity contribution in [1.29, 1.82) is 0 Å². The Bertz CT molecular complexity index is 306. The summed E-state index contributed by atoms with van der Waals surface area (Å²) in [5.41, 5.74) is 5.43. The zero-order valence-corrected chi connectivity index (χ0v) is 9.30. The number of hydrogen-bond acceptors (Lipinski definition) is 4. The van der Waals surface area contributed by atoms with Gasteiger partial charge in [0.2, 0.25) is 5.91 Å². The van der Waals surface area contributed by atoms with E-state index in [1.54, 1.807) is 11.8 Å². The van der Waals surface area contributed by atoms with Crippen LogP contribution in [0.25, 0.3) is 0 Å². The first-order valence-corrected chi connectivity index (χ1v) is 5.53. The summed E-state index contributed by atoms with van der Waals surface area (Å²) in [4.78, 5) is 13.8. The number of ether oxygens (including phenoxy) is 1. The van der Waals surface area contributed by atoms with Crippen molar-refractivity contribution in [2.24, 2.45) is 16.8 Å². The SMILES string of the molecule is CC(C(=O)N1CC2CCC(C1)O2)C(N)=NO. The first-order valence-electron chi connectivity index (χ1n) is 5.53. The van der Waals surface area contributed by atoms with Crippen LogP contribution in [-0.2, 0) is 9.53 Å². The second-order valence-electron chi connectivity index (χ2n) is 4.45. The van der Waals surface area contributed by atoms with E-state index < -0.39 is 5.92 Å². The van der Waals surface area contributed by atoms with Gasteiger partial charge in [0.05, 0.1) is 18.1 Å². The lowest BCUT2D eigenvalue weighted by molar-refractivity contribution is -0.141. The monoisotopic (exact) mass is 227 g/mol. The smallest absolute Gasteiger partial charge is 0.233 e. The minimum absolute atomic E-state index is 0.0381. The van der Waals surface area contributed by atoms with Crippen LogP contribution >= 0.6 is 0 Å². The number of oxime groups is 1. The number of carbonyl (C=O) groups excluding carboxylic acids is 1. The topological polar surface area (TPSA) is 88.2 Å². The predicted octanol–water partition coefficient (Wildman–Crippen LogP) is -0.241. The maximum atomic E-state index is 12.0. The maximum Gasteiger partial charge on any atom is 0.233 e. The molecule has 2 saturated heterocycles. The molecule has 3 N–H and O–H groups in total. The van der Waals surface area contributed by atoms with Gasteiger partial charge in [-0.2, -0.15) is 0 Å². The van der Waals surface area contributed by atoms with E-state index in [1.165, 1.54) is 0 Å². The third-order valence-electron chi connectivity index (χ3n) is 3.28. The minimum Gasteiger partial charge on any atom is -0.409 e. The van der Waals surface area contributed by atoms with Gasteiger partial charge in [-0.3, -0.25) is 4.79 Å². The third kappa shape index (κ3) is 1.97. The van der Waals surface area contributed by atoms with Crippen molar-refractivity contribution >= 4 is 11.7 Å². The summed E-state index contributed by atoms with van der Waals surface area (Å²) >= 11 is 0. The highest BCUT2D eigenvalue weighted by molar-refractivity contribution is 6.01.